The quantitative estimate of drug-likeness (QED) is 0.721. The van der Waals surface area contributed by atoms with Gasteiger partial charge in [0.15, 0.2) is 0 Å². The zero-order valence-corrected chi connectivity index (χ0v) is 13.8. The molecule has 0 saturated heterocycles. The normalized spacial score (nSPS) is 11.6. The summed E-state index contributed by atoms with van der Waals surface area (Å²) in [4.78, 5) is 24.0. The lowest BCUT2D eigenvalue weighted by Gasteiger charge is -2.15. The van der Waals surface area contributed by atoms with Crippen LogP contribution in [-0.4, -0.2) is 45.2 Å². The van der Waals surface area contributed by atoms with Crippen LogP contribution in [0.4, 0.5) is 0 Å². The third-order valence-electron chi connectivity index (χ3n) is 2.76. The van der Waals surface area contributed by atoms with Gasteiger partial charge < -0.3 is 20.1 Å². The van der Waals surface area contributed by atoms with Crippen LogP contribution in [0.5, 0.6) is 5.75 Å². The predicted molar refractivity (Wildman–Crippen MR) is 82.5 cm³/mol. The molecule has 0 spiro atoms. The fourth-order valence-electron chi connectivity index (χ4n) is 1.57. The number of halogens is 1. The molecular weight excluding hydrogens is 340 g/mol. The van der Waals surface area contributed by atoms with Crippen LogP contribution in [0.2, 0.25) is 0 Å². The van der Waals surface area contributed by atoms with E-state index in [1.165, 1.54) is 7.11 Å². The summed E-state index contributed by atoms with van der Waals surface area (Å²) in [7, 11) is 3.08. The fourth-order valence-corrected chi connectivity index (χ4v) is 2.00. The Morgan fingerprint density at radius 2 is 2.05 bits per heavy atom. The van der Waals surface area contributed by atoms with Gasteiger partial charge in [0.25, 0.3) is 5.91 Å². The number of nitrogens with one attached hydrogen (secondary N) is 2. The van der Waals surface area contributed by atoms with Gasteiger partial charge in [0.2, 0.25) is 5.91 Å². The van der Waals surface area contributed by atoms with Gasteiger partial charge in [-0.25, -0.2) is 0 Å². The molecule has 0 aliphatic carbocycles. The minimum absolute atomic E-state index is 0.264. The molecule has 1 rings (SSSR count). The number of hydrogen-bond acceptors (Lipinski definition) is 4. The third kappa shape index (κ3) is 5.35. The van der Waals surface area contributed by atoms with Crippen LogP contribution in [0.3, 0.4) is 0 Å². The smallest absolute Gasteiger partial charge is 0.253 e. The maximum Gasteiger partial charge on any atom is 0.253 e. The van der Waals surface area contributed by atoms with Crippen LogP contribution in [-0.2, 0) is 9.53 Å². The molecule has 0 radical (unpaired) electrons. The van der Waals surface area contributed by atoms with Gasteiger partial charge in [-0.1, -0.05) is 0 Å². The standard InChI is InChI=1S/C14H19BrN2O4/c1-9(13(18)16-6-7-20-2)17-14(19)11-8-10(21-3)4-5-12(11)15/h4-5,8-9H,6-7H2,1-3H3,(H,16,18)(H,17,19). The molecule has 2 amide bonds. The van der Waals surface area contributed by atoms with Crippen LogP contribution < -0.4 is 15.4 Å². The van der Waals surface area contributed by atoms with Crippen molar-refractivity contribution in [2.45, 2.75) is 13.0 Å². The van der Waals surface area contributed by atoms with Crippen molar-refractivity contribution in [2.24, 2.45) is 0 Å². The van der Waals surface area contributed by atoms with E-state index < -0.39 is 6.04 Å². The summed E-state index contributed by atoms with van der Waals surface area (Å²) < 4.78 is 10.6. The zero-order valence-electron chi connectivity index (χ0n) is 12.2. The van der Waals surface area contributed by atoms with E-state index in [0.717, 1.165) is 0 Å². The molecule has 116 valence electrons. The first-order valence-corrected chi connectivity index (χ1v) is 7.20. The molecule has 1 aromatic rings. The average molecular weight is 359 g/mol. The molecule has 1 atom stereocenters. The lowest BCUT2D eigenvalue weighted by Crippen LogP contribution is -2.45. The minimum Gasteiger partial charge on any atom is -0.497 e. The molecule has 0 aliphatic heterocycles. The molecule has 1 unspecified atom stereocenters. The number of ether oxygens (including phenoxy) is 2. The van der Waals surface area contributed by atoms with Crippen molar-refractivity contribution in [1.29, 1.82) is 0 Å². The summed E-state index contributed by atoms with van der Waals surface area (Å²) in [6.45, 7) is 2.44. The van der Waals surface area contributed by atoms with E-state index in [0.29, 0.717) is 28.9 Å². The van der Waals surface area contributed by atoms with E-state index in [-0.39, 0.29) is 11.8 Å². The van der Waals surface area contributed by atoms with Crippen molar-refractivity contribution in [3.8, 4) is 5.75 Å². The molecule has 7 heteroatoms. The average Bonchev–Trinajstić information content (AvgIpc) is 2.47. The Morgan fingerprint density at radius 1 is 1.33 bits per heavy atom. The Morgan fingerprint density at radius 3 is 2.67 bits per heavy atom. The number of methoxy groups -OCH3 is 2. The van der Waals surface area contributed by atoms with Crippen LogP contribution in [0, 0.1) is 0 Å². The van der Waals surface area contributed by atoms with E-state index in [4.69, 9.17) is 9.47 Å². The second-order valence-electron chi connectivity index (χ2n) is 4.32. The molecule has 0 aromatic heterocycles. The van der Waals surface area contributed by atoms with Crippen molar-refractivity contribution in [2.75, 3.05) is 27.4 Å². The van der Waals surface area contributed by atoms with Gasteiger partial charge in [0.1, 0.15) is 11.8 Å². The zero-order chi connectivity index (χ0) is 15.8. The van der Waals surface area contributed by atoms with Crippen LogP contribution >= 0.6 is 15.9 Å². The lowest BCUT2D eigenvalue weighted by atomic mass is 10.2. The van der Waals surface area contributed by atoms with Crippen molar-refractivity contribution in [3.05, 3.63) is 28.2 Å². The number of rotatable bonds is 7. The summed E-state index contributed by atoms with van der Waals surface area (Å²) in [5.74, 6) is -0.0462. The van der Waals surface area contributed by atoms with Crippen LogP contribution in [0.15, 0.2) is 22.7 Å². The molecule has 0 bridgehead atoms. The van der Waals surface area contributed by atoms with E-state index in [9.17, 15) is 9.59 Å². The van der Waals surface area contributed by atoms with E-state index in [2.05, 4.69) is 26.6 Å². The first kappa shape index (κ1) is 17.5. The Labute approximate surface area is 132 Å². The Kier molecular flexibility index (Phi) is 7.18. The number of amides is 2. The van der Waals surface area contributed by atoms with Gasteiger partial charge in [0, 0.05) is 18.1 Å². The predicted octanol–water partition coefficient (Wildman–Crippen LogP) is 1.34. The first-order valence-electron chi connectivity index (χ1n) is 6.40. The highest BCUT2D eigenvalue weighted by Crippen LogP contribution is 2.22. The van der Waals surface area contributed by atoms with Gasteiger partial charge in [-0.3, -0.25) is 9.59 Å². The number of hydrogen-bond donors (Lipinski definition) is 2. The van der Waals surface area contributed by atoms with E-state index in [1.807, 2.05) is 0 Å². The van der Waals surface area contributed by atoms with Crippen molar-refractivity contribution in [1.82, 2.24) is 10.6 Å². The Bertz CT molecular complexity index is 508. The molecule has 1 aromatic carbocycles. The van der Waals surface area contributed by atoms with Crippen molar-refractivity contribution in [3.63, 3.8) is 0 Å². The molecule has 6 nitrogen and oxygen atoms in total. The highest BCUT2D eigenvalue weighted by molar-refractivity contribution is 9.10. The fraction of sp³-hybridized carbons (Fsp3) is 0.429. The maximum absolute atomic E-state index is 12.2. The first-order chi connectivity index (χ1) is 9.99. The third-order valence-corrected chi connectivity index (χ3v) is 3.46. The lowest BCUT2D eigenvalue weighted by molar-refractivity contribution is -0.122. The van der Waals surface area contributed by atoms with Crippen LogP contribution in [0.25, 0.3) is 0 Å². The maximum atomic E-state index is 12.2. The number of carbonyl (C=O) groups is 2. The summed E-state index contributed by atoms with van der Waals surface area (Å²) >= 11 is 3.31. The van der Waals surface area contributed by atoms with E-state index >= 15 is 0 Å². The Balaban J connectivity index is 2.65. The molecular formula is C14H19BrN2O4. The molecule has 2 N–H and O–H groups in total. The van der Waals surface area contributed by atoms with Gasteiger partial charge >= 0.3 is 0 Å². The molecule has 0 aliphatic rings. The van der Waals surface area contributed by atoms with Gasteiger partial charge in [-0.2, -0.15) is 0 Å². The monoisotopic (exact) mass is 358 g/mol. The van der Waals surface area contributed by atoms with Gasteiger partial charge in [-0.15, -0.1) is 0 Å². The SMILES string of the molecule is COCCNC(=O)C(C)NC(=O)c1cc(OC)ccc1Br. The molecule has 0 saturated carbocycles. The highest BCUT2D eigenvalue weighted by Gasteiger charge is 2.18. The molecule has 0 heterocycles. The van der Waals surface area contributed by atoms with Gasteiger partial charge in [0.05, 0.1) is 19.3 Å². The summed E-state index contributed by atoms with van der Waals surface area (Å²) in [5.41, 5.74) is 0.408. The minimum atomic E-state index is -0.646. The Hall–Kier alpha value is -1.60. The largest absolute Gasteiger partial charge is 0.497 e. The molecule has 21 heavy (non-hydrogen) atoms. The topological polar surface area (TPSA) is 76.7 Å². The second-order valence-corrected chi connectivity index (χ2v) is 5.18. The van der Waals surface area contributed by atoms with E-state index in [1.54, 1.807) is 32.2 Å². The number of benzene rings is 1. The van der Waals surface area contributed by atoms with Crippen molar-refractivity contribution < 1.29 is 19.1 Å². The van der Waals surface area contributed by atoms with Crippen LogP contribution in [0.1, 0.15) is 17.3 Å². The number of carbonyl (C=O) groups excluding carboxylic acids is 2. The summed E-state index contributed by atoms with van der Waals surface area (Å²) in [6.07, 6.45) is 0. The van der Waals surface area contributed by atoms with Crippen molar-refractivity contribution >= 4 is 27.7 Å². The summed E-state index contributed by atoms with van der Waals surface area (Å²) in [6, 6.07) is 4.42. The highest BCUT2D eigenvalue weighted by atomic mass is 79.9. The second kappa shape index (κ2) is 8.63. The molecule has 0 fully saturated rings. The van der Waals surface area contributed by atoms with Gasteiger partial charge in [-0.05, 0) is 41.1 Å². The summed E-state index contributed by atoms with van der Waals surface area (Å²) in [5, 5.41) is 5.30.